The number of nitrogens with one attached hydrogen (secondary N) is 1. The number of methoxy groups -OCH3 is 1. The quantitative estimate of drug-likeness (QED) is 0.600. The summed E-state index contributed by atoms with van der Waals surface area (Å²) in [4.78, 5) is 25.0. The number of hydrogen-bond acceptors (Lipinski definition) is 5. The van der Waals surface area contributed by atoms with Crippen LogP contribution in [-0.4, -0.2) is 42.9 Å². The van der Waals surface area contributed by atoms with Crippen molar-refractivity contribution in [2.75, 3.05) is 23.0 Å². The van der Waals surface area contributed by atoms with Crippen molar-refractivity contribution >= 4 is 49.9 Å². The number of carbonyl (C=O) groups is 1. The highest BCUT2D eigenvalue weighted by Gasteiger charge is 2.30. The van der Waals surface area contributed by atoms with E-state index in [0.29, 0.717) is 22.5 Å². The Morgan fingerprint density at radius 3 is 2.35 bits per heavy atom. The zero-order valence-corrected chi connectivity index (χ0v) is 19.3. The molecular formula is C20H23ClN4O5S. The van der Waals surface area contributed by atoms with E-state index >= 15 is 0 Å². The van der Waals surface area contributed by atoms with Crippen molar-refractivity contribution in [3.05, 3.63) is 51.9 Å². The van der Waals surface area contributed by atoms with Crippen LogP contribution in [0.15, 0.2) is 41.2 Å². The summed E-state index contributed by atoms with van der Waals surface area (Å²) in [6.07, 6.45) is 1.01. The standard InChI is InChI=1S/C20H23ClN4O5S/c1-12(25(31(5,28)29)14-7-9-18(30-4)15(21)11-14)19(26)22-13-6-8-16-17(10-13)24(3)20(27)23(16)2/h6-12H,1-5H3,(H,22,26)/t12-/m0/s1. The number of benzene rings is 2. The fourth-order valence-corrected chi connectivity index (χ4v) is 4.85. The number of carbonyl (C=O) groups excluding carboxylic acids is 1. The Kier molecular flexibility index (Phi) is 6.06. The van der Waals surface area contributed by atoms with Crippen molar-refractivity contribution in [3.8, 4) is 5.75 Å². The van der Waals surface area contributed by atoms with Crippen molar-refractivity contribution < 1.29 is 17.9 Å². The van der Waals surface area contributed by atoms with Crippen molar-refractivity contribution in [1.29, 1.82) is 0 Å². The van der Waals surface area contributed by atoms with Gasteiger partial charge < -0.3 is 10.1 Å². The van der Waals surface area contributed by atoms with Crippen LogP contribution in [0.25, 0.3) is 11.0 Å². The number of sulfonamides is 1. The van der Waals surface area contributed by atoms with E-state index in [0.717, 1.165) is 10.6 Å². The lowest BCUT2D eigenvalue weighted by molar-refractivity contribution is -0.116. The molecule has 0 saturated carbocycles. The van der Waals surface area contributed by atoms with Gasteiger partial charge in [-0.25, -0.2) is 13.2 Å². The molecule has 11 heteroatoms. The van der Waals surface area contributed by atoms with Crippen LogP contribution in [0.5, 0.6) is 5.75 Å². The molecule has 1 heterocycles. The lowest BCUT2D eigenvalue weighted by Crippen LogP contribution is -2.45. The summed E-state index contributed by atoms with van der Waals surface area (Å²) in [6.45, 7) is 1.48. The van der Waals surface area contributed by atoms with Gasteiger partial charge in [0.15, 0.2) is 0 Å². The van der Waals surface area contributed by atoms with E-state index in [1.165, 1.54) is 41.4 Å². The van der Waals surface area contributed by atoms with Crippen molar-refractivity contribution in [2.45, 2.75) is 13.0 Å². The molecule has 0 spiro atoms. The minimum atomic E-state index is -3.81. The second-order valence-corrected chi connectivity index (χ2v) is 9.41. The third kappa shape index (κ3) is 4.26. The molecule has 1 N–H and O–H groups in total. The zero-order chi connectivity index (χ0) is 23.1. The lowest BCUT2D eigenvalue weighted by Gasteiger charge is -2.28. The Bertz CT molecular complexity index is 1330. The largest absolute Gasteiger partial charge is 0.495 e. The van der Waals surface area contributed by atoms with Gasteiger partial charge in [0, 0.05) is 19.8 Å². The Labute approximate surface area is 184 Å². The number of ether oxygens (including phenoxy) is 1. The zero-order valence-electron chi connectivity index (χ0n) is 17.7. The predicted molar refractivity (Wildman–Crippen MR) is 122 cm³/mol. The van der Waals surface area contributed by atoms with Crippen LogP contribution in [0.1, 0.15) is 6.92 Å². The maximum Gasteiger partial charge on any atom is 0.328 e. The maximum atomic E-state index is 12.9. The highest BCUT2D eigenvalue weighted by Crippen LogP contribution is 2.31. The van der Waals surface area contributed by atoms with E-state index in [1.807, 2.05) is 0 Å². The smallest absolute Gasteiger partial charge is 0.328 e. The normalized spacial score (nSPS) is 12.6. The van der Waals surface area contributed by atoms with Crippen LogP contribution >= 0.6 is 11.6 Å². The molecule has 0 aliphatic rings. The van der Waals surface area contributed by atoms with Crippen LogP contribution in [0.2, 0.25) is 5.02 Å². The van der Waals surface area contributed by atoms with Gasteiger partial charge in [-0.2, -0.15) is 0 Å². The summed E-state index contributed by atoms with van der Waals surface area (Å²) in [5.74, 6) is -0.157. The first-order chi connectivity index (χ1) is 14.5. The number of fused-ring (bicyclic) bond motifs is 1. The topological polar surface area (TPSA) is 103 Å². The fraction of sp³-hybridized carbons (Fsp3) is 0.300. The van der Waals surface area contributed by atoms with E-state index in [4.69, 9.17) is 16.3 Å². The molecule has 0 fully saturated rings. The van der Waals surface area contributed by atoms with Gasteiger partial charge in [-0.15, -0.1) is 0 Å². The molecule has 3 aromatic rings. The summed E-state index contributed by atoms with van der Waals surface area (Å²) in [5.41, 5.74) is 1.83. The number of hydrogen-bond donors (Lipinski definition) is 1. The monoisotopic (exact) mass is 466 g/mol. The summed E-state index contributed by atoms with van der Waals surface area (Å²) in [5, 5.41) is 2.94. The number of anilines is 2. The van der Waals surface area contributed by atoms with Gasteiger partial charge in [-0.05, 0) is 43.3 Å². The molecule has 166 valence electrons. The van der Waals surface area contributed by atoms with Gasteiger partial charge in [0.25, 0.3) is 0 Å². The van der Waals surface area contributed by atoms with Crippen LogP contribution in [-0.2, 0) is 28.9 Å². The average Bonchev–Trinajstić information content (AvgIpc) is 2.91. The van der Waals surface area contributed by atoms with Gasteiger partial charge in [-0.1, -0.05) is 11.6 Å². The van der Waals surface area contributed by atoms with Gasteiger partial charge in [0.2, 0.25) is 15.9 Å². The second kappa shape index (κ2) is 8.27. The minimum Gasteiger partial charge on any atom is -0.495 e. The molecule has 1 atom stereocenters. The molecule has 1 aromatic heterocycles. The molecule has 31 heavy (non-hydrogen) atoms. The third-order valence-corrected chi connectivity index (χ3v) is 6.55. The third-order valence-electron chi connectivity index (χ3n) is 5.02. The van der Waals surface area contributed by atoms with Crippen LogP contribution in [0.4, 0.5) is 11.4 Å². The molecule has 0 saturated heterocycles. The Hall–Kier alpha value is -2.98. The summed E-state index contributed by atoms with van der Waals surface area (Å²) >= 11 is 6.15. The number of nitrogens with zero attached hydrogens (tertiary/aromatic N) is 3. The van der Waals surface area contributed by atoms with Crippen LogP contribution < -0.4 is 20.0 Å². The highest BCUT2D eigenvalue weighted by atomic mass is 35.5. The molecule has 9 nitrogen and oxygen atoms in total. The number of halogens is 1. The number of aromatic nitrogens is 2. The van der Waals surface area contributed by atoms with Gasteiger partial charge in [0.05, 0.1) is 35.1 Å². The van der Waals surface area contributed by atoms with E-state index in [9.17, 15) is 18.0 Å². The van der Waals surface area contributed by atoms with E-state index in [1.54, 1.807) is 32.3 Å². The number of aryl methyl sites for hydroxylation is 2. The SMILES string of the molecule is COc1ccc(N([C@@H](C)C(=O)Nc2ccc3c(c2)n(C)c(=O)n3C)S(C)(=O)=O)cc1Cl. The molecular weight excluding hydrogens is 444 g/mol. The number of imidazole rings is 1. The molecule has 0 bridgehead atoms. The number of rotatable bonds is 6. The highest BCUT2D eigenvalue weighted by molar-refractivity contribution is 7.92. The first-order valence-corrected chi connectivity index (χ1v) is 11.5. The molecule has 0 aliphatic heterocycles. The Morgan fingerprint density at radius 1 is 1.13 bits per heavy atom. The molecule has 3 rings (SSSR count). The molecule has 0 aliphatic carbocycles. The van der Waals surface area contributed by atoms with E-state index < -0.39 is 22.0 Å². The van der Waals surface area contributed by atoms with Crippen molar-refractivity contribution in [3.63, 3.8) is 0 Å². The summed E-state index contributed by atoms with van der Waals surface area (Å²) in [6, 6.07) is 8.43. The minimum absolute atomic E-state index is 0.188. The van der Waals surface area contributed by atoms with Crippen LogP contribution in [0.3, 0.4) is 0 Å². The van der Waals surface area contributed by atoms with Crippen molar-refractivity contribution in [2.24, 2.45) is 14.1 Å². The lowest BCUT2D eigenvalue weighted by atomic mass is 10.2. The second-order valence-electron chi connectivity index (χ2n) is 7.15. The first-order valence-electron chi connectivity index (χ1n) is 9.25. The summed E-state index contributed by atoms with van der Waals surface area (Å²) < 4.78 is 34.0. The molecule has 1 amide bonds. The number of amides is 1. The molecule has 2 aromatic carbocycles. The van der Waals surface area contributed by atoms with E-state index in [2.05, 4.69) is 5.32 Å². The Morgan fingerprint density at radius 2 is 1.77 bits per heavy atom. The van der Waals surface area contributed by atoms with Gasteiger partial charge >= 0.3 is 5.69 Å². The van der Waals surface area contributed by atoms with Gasteiger partial charge in [0.1, 0.15) is 11.8 Å². The molecule has 0 radical (unpaired) electrons. The first kappa shape index (κ1) is 22.7. The fourth-order valence-electron chi connectivity index (χ4n) is 3.43. The molecule has 0 unspecified atom stereocenters. The average molecular weight is 467 g/mol. The van der Waals surface area contributed by atoms with Gasteiger partial charge in [-0.3, -0.25) is 18.2 Å². The van der Waals surface area contributed by atoms with E-state index in [-0.39, 0.29) is 16.4 Å². The Balaban J connectivity index is 1.94. The summed E-state index contributed by atoms with van der Waals surface area (Å²) in [7, 11) is 0.937. The van der Waals surface area contributed by atoms with Crippen molar-refractivity contribution in [1.82, 2.24) is 9.13 Å². The van der Waals surface area contributed by atoms with Crippen LogP contribution in [0, 0.1) is 0 Å². The maximum absolute atomic E-state index is 12.9. The predicted octanol–water partition coefficient (Wildman–Crippen LogP) is 2.33.